The Bertz CT molecular complexity index is 884. The van der Waals surface area contributed by atoms with E-state index in [1.54, 1.807) is 17.0 Å². The summed E-state index contributed by atoms with van der Waals surface area (Å²) in [5, 5.41) is 4.04. The molecule has 0 heterocycles. The minimum atomic E-state index is -0.564. The topological polar surface area (TPSA) is 49.4 Å². The standard InChI is InChI=1S/C25H32Cl2N2O2/c1-5-18(4)28-25(31)23(6-2)29(16-20-12-13-21(26)15-22(20)27)24(30)14-11-19-9-7-17(3)8-10-19/h7-10,12-13,15,18,23H,5-6,11,14,16H2,1-4H3,(H,28,31)/t18-,23-/m1/s1. The number of carbonyl (C=O) groups excluding carboxylic acids is 2. The van der Waals surface area contributed by atoms with Gasteiger partial charge >= 0.3 is 0 Å². The number of halogens is 2. The Balaban J connectivity index is 2.24. The van der Waals surface area contributed by atoms with Crippen molar-refractivity contribution in [3.8, 4) is 0 Å². The highest BCUT2D eigenvalue weighted by Crippen LogP contribution is 2.24. The van der Waals surface area contributed by atoms with Crippen molar-refractivity contribution >= 4 is 35.0 Å². The summed E-state index contributed by atoms with van der Waals surface area (Å²) < 4.78 is 0. The van der Waals surface area contributed by atoms with Gasteiger partial charge in [-0.05, 0) is 56.4 Å². The lowest BCUT2D eigenvalue weighted by Gasteiger charge is -2.32. The van der Waals surface area contributed by atoms with Crippen LogP contribution in [0.25, 0.3) is 0 Å². The molecule has 31 heavy (non-hydrogen) atoms. The molecule has 0 aliphatic rings. The van der Waals surface area contributed by atoms with Gasteiger partial charge in [0.15, 0.2) is 0 Å². The summed E-state index contributed by atoms with van der Waals surface area (Å²) in [5.74, 6) is -0.205. The monoisotopic (exact) mass is 462 g/mol. The van der Waals surface area contributed by atoms with E-state index in [2.05, 4.69) is 5.32 Å². The average molecular weight is 463 g/mol. The van der Waals surface area contributed by atoms with Crippen LogP contribution < -0.4 is 5.32 Å². The SMILES string of the molecule is CC[C@@H](C)NC(=O)[C@@H](CC)N(Cc1ccc(Cl)cc1Cl)C(=O)CCc1ccc(C)cc1. The van der Waals surface area contributed by atoms with Crippen molar-refractivity contribution in [1.82, 2.24) is 10.2 Å². The number of nitrogens with one attached hydrogen (secondary N) is 1. The molecule has 4 nitrogen and oxygen atoms in total. The van der Waals surface area contributed by atoms with Crippen LogP contribution in [0.4, 0.5) is 0 Å². The van der Waals surface area contributed by atoms with Gasteiger partial charge in [0.05, 0.1) is 0 Å². The molecule has 0 aliphatic carbocycles. The zero-order chi connectivity index (χ0) is 23.0. The average Bonchev–Trinajstić information content (AvgIpc) is 2.74. The van der Waals surface area contributed by atoms with Gasteiger partial charge in [-0.15, -0.1) is 0 Å². The third-order valence-corrected chi connectivity index (χ3v) is 6.08. The molecule has 0 aromatic heterocycles. The van der Waals surface area contributed by atoms with E-state index in [0.29, 0.717) is 29.3 Å². The molecule has 2 amide bonds. The maximum atomic E-state index is 13.3. The normalized spacial score (nSPS) is 12.8. The summed E-state index contributed by atoms with van der Waals surface area (Å²) in [6.07, 6.45) is 2.28. The molecule has 2 aromatic rings. The van der Waals surface area contributed by atoms with E-state index in [4.69, 9.17) is 23.2 Å². The summed E-state index contributed by atoms with van der Waals surface area (Å²) in [5.41, 5.74) is 3.05. The zero-order valence-electron chi connectivity index (χ0n) is 18.8. The van der Waals surface area contributed by atoms with Gasteiger partial charge in [0.2, 0.25) is 11.8 Å². The van der Waals surface area contributed by atoms with Crippen LogP contribution in [0.2, 0.25) is 10.0 Å². The highest BCUT2D eigenvalue weighted by molar-refractivity contribution is 6.35. The van der Waals surface area contributed by atoms with E-state index in [9.17, 15) is 9.59 Å². The molecular formula is C25H32Cl2N2O2. The van der Waals surface area contributed by atoms with Gasteiger partial charge in [0.25, 0.3) is 0 Å². The number of nitrogens with zero attached hydrogens (tertiary/aromatic N) is 1. The molecule has 2 aromatic carbocycles. The molecule has 2 rings (SSSR count). The minimum absolute atomic E-state index is 0.0465. The number of benzene rings is 2. The third kappa shape index (κ3) is 7.55. The van der Waals surface area contributed by atoms with Gasteiger partial charge in [-0.2, -0.15) is 0 Å². The smallest absolute Gasteiger partial charge is 0.243 e. The molecule has 0 aliphatic heterocycles. The van der Waals surface area contributed by atoms with E-state index in [1.165, 1.54) is 5.56 Å². The van der Waals surface area contributed by atoms with Crippen molar-refractivity contribution in [3.05, 3.63) is 69.2 Å². The first-order chi connectivity index (χ1) is 14.7. The molecular weight excluding hydrogens is 431 g/mol. The third-order valence-electron chi connectivity index (χ3n) is 5.49. The molecule has 0 radical (unpaired) electrons. The number of rotatable bonds is 10. The second kappa shape index (κ2) is 12.1. The van der Waals surface area contributed by atoms with Crippen molar-refractivity contribution in [3.63, 3.8) is 0 Å². The molecule has 0 unspecified atom stereocenters. The molecule has 0 fully saturated rings. The number of hydrogen-bond donors (Lipinski definition) is 1. The van der Waals surface area contributed by atoms with Crippen LogP contribution in [0.5, 0.6) is 0 Å². The van der Waals surface area contributed by atoms with Crippen LogP contribution in [0.3, 0.4) is 0 Å². The Kier molecular flexibility index (Phi) is 9.86. The lowest BCUT2D eigenvalue weighted by Crippen LogP contribution is -2.50. The lowest BCUT2D eigenvalue weighted by atomic mass is 10.0. The predicted molar refractivity (Wildman–Crippen MR) is 128 cm³/mol. The van der Waals surface area contributed by atoms with E-state index >= 15 is 0 Å². The van der Waals surface area contributed by atoms with Crippen molar-refractivity contribution in [2.45, 2.75) is 72.0 Å². The zero-order valence-corrected chi connectivity index (χ0v) is 20.3. The molecule has 168 valence electrons. The van der Waals surface area contributed by atoms with Crippen LogP contribution in [-0.4, -0.2) is 28.8 Å². The largest absolute Gasteiger partial charge is 0.352 e. The summed E-state index contributed by atoms with van der Waals surface area (Å²) in [7, 11) is 0. The highest BCUT2D eigenvalue weighted by Gasteiger charge is 2.29. The fraction of sp³-hybridized carbons (Fsp3) is 0.440. The van der Waals surface area contributed by atoms with E-state index in [0.717, 1.165) is 17.5 Å². The van der Waals surface area contributed by atoms with Crippen LogP contribution >= 0.6 is 23.2 Å². The Morgan fingerprint density at radius 1 is 1.03 bits per heavy atom. The second-order valence-electron chi connectivity index (χ2n) is 7.98. The molecule has 1 N–H and O–H groups in total. The molecule has 6 heteroatoms. The Morgan fingerprint density at radius 2 is 1.71 bits per heavy atom. The van der Waals surface area contributed by atoms with Crippen LogP contribution in [0, 0.1) is 6.92 Å². The molecule has 0 saturated carbocycles. The van der Waals surface area contributed by atoms with Crippen molar-refractivity contribution in [2.24, 2.45) is 0 Å². The lowest BCUT2D eigenvalue weighted by molar-refractivity contribution is -0.141. The summed E-state index contributed by atoms with van der Waals surface area (Å²) in [6.45, 7) is 8.20. The molecule has 0 saturated heterocycles. The predicted octanol–water partition coefficient (Wildman–Crippen LogP) is 5.96. The van der Waals surface area contributed by atoms with Crippen LogP contribution in [-0.2, 0) is 22.6 Å². The first-order valence-electron chi connectivity index (χ1n) is 10.8. The minimum Gasteiger partial charge on any atom is -0.352 e. The van der Waals surface area contributed by atoms with E-state index in [-0.39, 0.29) is 24.4 Å². The van der Waals surface area contributed by atoms with Gasteiger partial charge in [0, 0.05) is 29.1 Å². The van der Waals surface area contributed by atoms with Crippen molar-refractivity contribution < 1.29 is 9.59 Å². The van der Waals surface area contributed by atoms with Crippen LogP contribution in [0.15, 0.2) is 42.5 Å². The Hall–Kier alpha value is -2.04. The number of hydrogen-bond acceptors (Lipinski definition) is 2. The van der Waals surface area contributed by atoms with Gasteiger partial charge < -0.3 is 10.2 Å². The first kappa shape index (κ1) is 25.2. The van der Waals surface area contributed by atoms with Gasteiger partial charge in [0.1, 0.15) is 6.04 Å². The van der Waals surface area contributed by atoms with Gasteiger partial charge in [-0.3, -0.25) is 9.59 Å². The Labute approximate surface area is 195 Å². The second-order valence-corrected chi connectivity index (χ2v) is 8.83. The van der Waals surface area contributed by atoms with E-state index in [1.807, 2.05) is 58.0 Å². The summed E-state index contributed by atoms with van der Waals surface area (Å²) in [4.78, 5) is 27.9. The fourth-order valence-electron chi connectivity index (χ4n) is 3.34. The summed E-state index contributed by atoms with van der Waals surface area (Å²) >= 11 is 12.4. The van der Waals surface area contributed by atoms with Crippen LogP contribution in [0.1, 0.15) is 56.7 Å². The Morgan fingerprint density at radius 3 is 2.29 bits per heavy atom. The van der Waals surface area contributed by atoms with Crippen molar-refractivity contribution in [2.75, 3.05) is 0 Å². The fourth-order valence-corrected chi connectivity index (χ4v) is 3.81. The maximum Gasteiger partial charge on any atom is 0.243 e. The van der Waals surface area contributed by atoms with Gasteiger partial charge in [-0.1, -0.05) is 72.9 Å². The van der Waals surface area contributed by atoms with Crippen molar-refractivity contribution in [1.29, 1.82) is 0 Å². The quantitative estimate of drug-likeness (QED) is 0.473. The first-order valence-corrected chi connectivity index (χ1v) is 11.6. The van der Waals surface area contributed by atoms with E-state index < -0.39 is 6.04 Å². The van der Waals surface area contributed by atoms with Gasteiger partial charge in [-0.25, -0.2) is 0 Å². The number of aryl methyl sites for hydroxylation is 2. The maximum absolute atomic E-state index is 13.3. The molecule has 0 spiro atoms. The molecule has 2 atom stereocenters. The number of amides is 2. The highest BCUT2D eigenvalue weighted by atomic mass is 35.5. The molecule has 0 bridgehead atoms. The summed E-state index contributed by atoms with van der Waals surface area (Å²) in [6, 6.07) is 12.9. The number of carbonyl (C=O) groups is 2.